The largest absolute Gasteiger partial charge is 0.489 e. The summed E-state index contributed by atoms with van der Waals surface area (Å²) in [6.07, 6.45) is 4.84. The molecule has 0 radical (unpaired) electrons. The van der Waals surface area contributed by atoms with Gasteiger partial charge in [-0.2, -0.15) is 0 Å². The third kappa shape index (κ3) is 9.41. The van der Waals surface area contributed by atoms with Gasteiger partial charge in [0.05, 0.1) is 5.25 Å². The molecular formula is C37H32N4O4S. The minimum absolute atomic E-state index is 0.0648. The van der Waals surface area contributed by atoms with Gasteiger partial charge in [0, 0.05) is 34.2 Å². The van der Waals surface area contributed by atoms with E-state index in [4.69, 9.17) is 4.74 Å². The van der Waals surface area contributed by atoms with Crippen LogP contribution < -0.4 is 20.7 Å². The van der Waals surface area contributed by atoms with Crippen LogP contribution in [0.1, 0.15) is 28.4 Å². The number of ether oxygens (including phenoxy) is 1. The van der Waals surface area contributed by atoms with Crippen molar-refractivity contribution in [1.82, 2.24) is 10.3 Å². The van der Waals surface area contributed by atoms with Crippen LogP contribution >= 0.6 is 11.8 Å². The third-order valence-electron chi connectivity index (χ3n) is 6.69. The van der Waals surface area contributed by atoms with Gasteiger partial charge < -0.3 is 20.7 Å². The van der Waals surface area contributed by atoms with E-state index in [-0.39, 0.29) is 11.6 Å². The highest BCUT2D eigenvalue weighted by molar-refractivity contribution is 8.00. The molecule has 5 aromatic rings. The molecule has 9 heteroatoms. The Morgan fingerprint density at radius 2 is 1.48 bits per heavy atom. The van der Waals surface area contributed by atoms with E-state index in [1.807, 2.05) is 73.7 Å². The number of hydrogen-bond acceptors (Lipinski definition) is 6. The Bertz CT molecular complexity index is 1800. The molecular weight excluding hydrogens is 596 g/mol. The molecule has 5 rings (SSSR count). The van der Waals surface area contributed by atoms with Crippen molar-refractivity contribution in [3.8, 4) is 5.75 Å². The molecule has 0 fully saturated rings. The van der Waals surface area contributed by atoms with Crippen molar-refractivity contribution in [3.63, 3.8) is 0 Å². The molecule has 0 aliphatic rings. The topological polar surface area (TPSA) is 109 Å². The molecule has 1 unspecified atom stereocenters. The van der Waals surface area contributed by atoms with Crippen LogP contribution in [0.2, 0.25) is 0 Å². The van der Waals surface area contributed by atoms with Gasteiger partial charge in [0.1, 0.15) is 18.1 Å². The summed E-state index contributed by atoms with van der Waals surface area (Å²) in [5.74, 6) is -0.392. The van der Waals surface area contributed by atoms with Gasteiger partial charge >= 0.3 is 0 Å². The normalized spacial score (nSPS) is 11.6. The van der Waals surface area contributed by atoms with Gasteiger partial charge in [-0.3, -0.25) is 19.4 Å². The lowest BCUT2D eigenvalue weighted by atomic mass is 10.1. The quantitative estimate of drug-likeness (QED) is 0.0997. The molecule has 0 bridgehead atoms. The molecule has 46 heavy (non-hydrogen) atoms. The summed E-state index contributed by atoms with van der Waals surface area (Å²) in [5.41, 5.74) is 3.42. The van der Waals surface area contributed by atoms with Crippen LogP contribution in [-0.2, 0) is 16.2 Å². The summed E-state index contributed by atoms with van der Waals surface area (Å²) in [6.45, 7) is 2.24. The molecule has 0 saturated heterocycles. The number of benzene rings is 4. The van der Waals surface area contributed by atoms with Crippen molar-refractivity contribution in [3.05, 3.63) is 156 Å². The fourth-order valence-corrected chi connectivity index (χ4v) is 5.22. The van der Waals surface area contributed by atoms with Crippen molar-refractivity contribution in [2.45, 2.75) is 23.7 Å². The van der Waals surface area contributed by atoms with Crippen molar-refractivity contribution in [2.24, 2.45) is 0 Å². The van der Waals surface area contributed by atoms with Gasteiger partial charge in [0.25, 0.3) is 11.8 Å². The predicted octanol–water partition coefficient (Wildman–Crippen LogP) is 7.19. The zero-order chi connectivity index (χ0) is 32.1. The highest BCUT2D eigenvalue weighted by atomic mass is 32.2. The first-order valence-corrected chi connectivity index (χ1v) is 15.4. The number of aromatic nitrogens is 1. The summed E-state index contributed by atoms with van der Waals surface area (Å²) in [6, 6.07) is 36.5. The number of carbonyl (C=O) groups is 3. The monoisotopic (exact) mass is 628 g/mol. The van der Waals surface area contributed by atoms with Crippen LogP contribution in [0.25, 0.3) is 6.08 Å². The first-order valence-electron chi connectivity index (χ1n) is 14.6. The van der Waals surface area contributed by atoms with Crippen molar-refractivity contribution < 1.29 is 19.1 Å². The Morgan fingerprint density at radius 1 is 0.783 bits per heavy atom. The summed E-state index contributed by atoms with van der Waals surface area (Å²) in [4.78, 5) is 44.1. The first kappa shape index (κ1) is 31.7. The van der Waals surface area contributed by atoms with Crippen molar-refractivity contribution in [1.29, 1.82) is 0 Å². The van der Waals surface area contributed by atoms with Crippen molar-refractivity contribution in [2.75, 3.05) is 10.6 Å². The van der Waals surface area contributed by atoms with Crippen LogP contribution in [0.5, 0.6) is 5.75 Å². The molecule has 0 spiro atoms. The third-order valence-corrected chi connectivity index (χ3v) is 7.78. The maximum Gasteiger partial charge on any atom is 0.272 e. The average molecular weight is 629 g/mol. The number of carbonyl (C=O) groups excluding carboxylic acids is 3. The number of nitrogens with one attached hydrogen (secondary N) is 3. The van der Waals surface area contributed by atoms with Crippen LogP contribution in [-0.4, -0.2) is 28.0 Å². The van der Waals surface area contributed by atoms with Crippen LogP contribution in [0.15, 0.2) is 144 Å². The average Bonchev–Trinajstić information content (AvgIpc) is 3.09. The maximum atomic E-state index is 13.6. The summed E-state index contributed by atoms with van der Waals surface area (Å²) in [5, 5.41) is 8.12. The van der Waals surface area contributed by atoms with E-state index in [9.17, 15) is 14.4 Å². The second-order valence-electron chi connectivity index (χ2n) is 10.2. The lowest BCUT2D eigenvalue weighted by Crippen LogP contribution is -2.30. The van der Waals surface area contributed by atoms with E-state index in [0.717, 1.165) is 10.5 Å². The number of rotatable bonds is 12. The Balaban J connectivity index is 1.28. The zero-order valence-electron chi connectivity index (χ0n) is 25.1. The van der Waals surface area contributed by atoms with Crippen molar-refractivity contribution >= 4 is 46.9 Å². The van der Waals surface area contributed by atoms with E-state index < -0.39 is 17.1 Å². The fraction of sp³-hybridized carbons (Fsp3) is 0.0811. The van der Waals surface area contributed by atoms with Gasteiger partial charge in [-0.15, -0.1) is 11.8 Å². The minimum atomic E-state index is -0.501. The highest BCUT2D eigenvalue weighted by Gasteiger charge is 2.17. The van der Waals surface area contributed by atoms with Crippen LogP contribution in [0.4, 0.5) is 11.4 Å². The van der Waals surface area contributed by atoms with Crippen LogP contribution in [0, 0.1) is 0 Å². The Morgan fingerprint density at radius 3 is 2.20 bits per heavy atom. The molecule has 4 aromatic carbocycles. The van der Waals surface area contributed by atoms with E-state index >= 15 is 0 Å². The Labute approximate surface area is 271 Å². The molecule has 1 atom stereocenters. The van der Waals surface area contributed by atoms with E-state index in [1.54, 1.807) is 73.1 Å². The lowest BCUT2D eigenvalue weighted by Gasteiger charge is -2.14. The van der Waals surface area contributed by atoms with E-state index in [2.05, 4.69) is 20.9 Å². The molecule has 3 amide bonds. The zero-order valence-corrected chi connectivity index (χ0v) is 25.9. The minimum Gasteiger partial charge on any atom is -0.489 e. The van der Waals surface area contributed by atoms with Gasteiger partial charge in [-0.25, -0.2) is 0 Å². The molecule has 1 heterocycles. The van der Waals surface area contributed by atoms with Gasteiger partial charge in [0.2, 0.25) is 5.91 Å². The Kier molecular flexibility index (Phi) is 11.0. The van der Waals surface area contributed by atoms with Gasteiger partial charge in [-0.05, 0) is 78.7 Å². The second kappa shape index (κ2) is 15.9. The SMILES string of the molecule is CC(Sc1cccc(NC(=O)/C(=C/c2ccc(OCc3ccccc3)cc2)NC(=O)c2ccccc2)c1)C(=O)Nc1ccncc1. The summed E-state index contributed by atoms with van der Waals surface area (Å²) >= 11 is 1.36. The smallest absolute Gasteiger partial charge is 0.272 e. The first-order chi connectivity index (χ1) is 22.4. The standard InChI is InChI=1S/C37H32N4O4S/c1-26(35(42)39-30-19-21-38-22-20-30)46-33-14-8-13-31(24-33)40-37(44)34(41-36(43)29-11-6-3-7-12-29)23-27-15-17-32(18-16-27)45-25-28-9-4-2-5-10-28/h2-24,26H,25H2,1H3,(H,40,44)(H,41,43)(H,38,39,42)/b34-23-. The lowest BCUT2D eigenvalue weighted by molar-refractivity contribution is -0.115. The molecule has 3 N–H and O–H groups in total. The van der Waals surface area contributed by atoms with Gasteiger partial charge in [-0.1, -0.05) is 66.7 Å². The molecule has 0 aliphatic heterocycles. The number of amides is 3. The maximum absolute atomic E-state index is 13.6. The molecule has 0 saturated carbocycles. The number of thioether (sulfide) groups is 1. The van der Waals surface area contributed by atoms with E-state index in [0.29, 0.717) is 34.9 Å². The molecule has 1 aromatic heterocycles. The summed E-state index contributed by atoms with van der Waals surface area (Å²) < 4.78 is 5.88. The van der Waals surface area contributed by atoms with Crippen LogP contribution in [0.3, 0.4) is 0 Å². The second-order valence-corrected chi connectivity index (χ2v) is 11.6. The number of pyridine rings is 1. The highest BCUT2D eigenvalue weighted by Crippen LogP contribution is 2.27. The molecule has 8 nitrogen and oxygen atoms in total. The predicted molar refractivity (Wildman–Crippen MR) is 182 cm³/mol. The van der Waals surface area contributed by atoms with E-state index in [1.165, 1.54) is 11.8 Å². The summed E-state index contributed by atoms with van der Waals surface area (Å²) in [7, 11) is 0. The number of anilines is 2. The fourth-order valence-electron chi connectivity index (χ4n) is 4.29. The number of nitrogens with zero attached hydrogens (tertiary/aromatic N) is 1. The number of hydrogen-bond donors (Lipinski definition) is 3. The Hall–Kier alpha value is -5.67. The van der Waals surface area contributed by atoms with Gasteiger partial charge in [0.15, 0.2) is 0 Å². The molecule has 230 valence electrons. The molecule has 0 aliphatic carbocycles.